The van der Waals surface area contributed by atoms with Gasteiger partial charge in [-0.3, -0.25) is 10.1 Å². The number of aromatic hydroxyl groups is 1. The summed E-state index contributed by atoms with van der Waals surface area (Å²) in [4.78, 5) is 22.7. The molecule has 0 radical (unpaired) electrons. The number of rotatable bonds is 4. The van der Waals surface area contributed by atoms with Crippen LogP contribution >= 0.6 is 0 Å². The van der Waals surface area contributed by atoms with Crippen LogP contribution in [-0.2, 0) is 16.0 Å². The fourth-order valence-corrected chi connectivity index (χ4v) is 1.70. The summed E-state index contributed by atoms with van der Waals surface area (Å²) < 4.78 is 5.15. The molecule has 0 heterocycles. The Labute approximate surface area is 123 Å². The van der Waals surface area contributed by atoms with E-state index in [4.69, 9.17) is 9.84 Å². The molecule has 1 unspecified atom stereocenters. The Morgan fingerprint density at radius 1 is 1.33 bits per heavy atom. The number of benzene rings is 1. The van der Waals surface area contributed by atoms with Crippen LogP contribution in [0.25, 0.3) is 0 Å². The molecule has 6 nitrogen and oxygen atoms in total. The van der Waals surface area contributed by atoms with Crippen molar-refractivity contribution in [3.8, 4) is 5.75 Å². The molecule has 0 spiro atoms. The highest BCUT2D eigenvalue weighted by atomic mass is 16.6. The molecule has 3 N–H and O–H groups in total. The highest BCUT2D eigenvalue weighted by Crippen LogP contribution is 2.25. The SMILES string of the molecule is CC(Cc1cc(O)ccc1NC(=O)OC(C)(C)C)C(=O)O. The van der Waals surface area contributed by atoms with Gasteiger partial charge in [-0.25, -0.2) is 4.79 Å². The van der Waals surface area contributed by atoms with Crippen LogP contribution in [-0.4, -0.2) is 27.9 Å². The van der Waals surface area contributed by atoms with Gasteiger partial charge in [0.15, 0.2) is 0 Å². The van der Waals surface area contributed by atoms with Crippen molar-refractivity contribution in [3.63, 3.8) is 0 Å². The molecule has 1 atom stereocenters. The number of hydrogen-bond acceptors (Lipinski definition) is 4. The zero-order valence-corrected chi connectivity index (χ0v) is 12.6. The highest BCUT2D eigenvalue weighted by Gasteiger charge is 2.19. The van der Waals surface area contributed by atoms with Gasteiger partial charge in [0.2, 0.25) is 0 Å². The van der Waals surface area contributed by atoms with Crippen LogP contribution in [0.3, 0.4) is 0 Å². The van der Waals surface area contributed by atoms with Crippen LogP contribution in [0.15, 0.2) is 18.2 Å². The molecule has 0 aliphatic rings. The van der Waals surface area contributed by atoms with Crippen molar-refractivity contribution >= 4 is 17.7 Å². The third-order valence-electron chi connectivity index (χ3n) is 2.67. The number of carbonyl (C=O) groups excluding carboxylic acids is 1. The van der Waals surface area contributed by atoms with E-state index in [1.807, 2.05) is 0 Å². The predicted molar refractivity (Wildman–Crippen MR) is 78.5 cm³/mol. The van der Waals surface area contributed by atoms with E-state index in [0.29, 0.717) is 11.3 Å². The number of carbonyl (C=O) groups is 2. The number of ether oxygens (including phenoxy) is 1. The predicted octanol–water partition coefficient (Wildman–Crippen LogP) is 3.00. The largest absolute Gasteiger partial charge is 0.508 e. The first-order valence-electron chi connectivity index (χ1n) is 6.63. The Hall–Kier alpha value is -2.24. The molecule has 1 rings (SSSR count). The van der Waals surface area contributed by atoms with Crippen LogP contribution < -0.4 is 5.32 Å². The Morgan fingerprint density at radius 2 is 1.95 bits per heavy atom. The van der Waals surface area contributed by atoms with Gasteiger partial charge in [-0.15, -0.1) is 0 Å². The van der Waals surface area contributed by atoms with Crippen molar-refractivity contribution < 1.29 is 24.5 Å². The molecule has 1 aromatic carbocycles. The van der Waals surface area contributed by atoms with Gasteiger partial charge in [0, 0.05) is 5.69 Å². The zero-order chi connectivity index (χ0) is 16.2. The van der Waals surface area contributed by atoms with Crippen molar-refractivity contribution in [2.24, 2.45) is 5.92 Å². The Kier molecular flexibility index (Phi) is 5.18. The summed E-state index contributed by atoms with van der Waals surface area (Å²) in [7, 11) is 0. The topological polar surface area (TPSA) is 95.9 Å². The van der Waals surface area contributed by atoms with E-state index < -0.39 is 23.6 Å². The molecule has 0 saturated heterocycles. The molecule has 1 amide bonds. The van der Waals surface area contributed by atoms with E-state index in [1.54, 1.807) is 27.7 Å². The summed E-state index contributed by atoms with van der Waals surface area (Å²) >= 11 is 0. The van der Waals surface area contributed by atoms with Gasteiger partial charge in [-0.2, -0.15) is 0 Å². The molecular weight excluding hydrogens is 274 g/mol. The first kappa shape index (κ1) is 16.8. The number of phenolic OH excluding ortho intramolecular Hbond substituents is 1. The minimum absolute atomic E-state index is 0.0114. The molecule has 0 saturated carbocycles. The lowest BCUT2D eigenvalue weighted by Gasteiger charge is -2.20. The molecular formula is C15H21NO5. The highest BCUT2D eigenvalue weighted by molar-refractivity contribution is 5.86. The number of anilines is 1. The maximum absolute atomic E-state index is 11.8. The molecule has 0 aliphatic heterocycles. The van der Waals surface area contributed by atoms with Crippen LogP contribution in [0.5, 0.6) is 5.75 Å². The van der Waals surface area contributed by atoms with E-state index in [-0.39, 0.29) is 12.2 Å². The van der Waals surface area contributed by atoms with Crippen LogP contribution in [0.4, 0.5) is 10.5 Å². The minimum Gasteiger partial charge on any atom is -0.508 e. The average molecular weight is 295 g/mol. The molecule has 116 valence electrons. The first-order chi connectivity index (χ1) is 9.58. The molecule has 0 aromatic heterocycles. The van der Waals surface area contributed by atoms with Crippen molar-refractivity contribution in [1.82, 2.24) is 0 Å². The summed E-state index contributed by atoms with van der Waals surface area (Å²) in [5.74, 6) is -1.56. The van der Waals surface area contributed by atoms with E-state index in [1.165, 1.54) is 18.2 Å². The van der Waals surface area contributed by atoms with Gasteiger partial charge in [0.25, 0.3) is 0 Å². The standard InChI is InChI=1S/C15H21NO5/c1-9(13(18)19)7-10-8-11(17)5-6-12(10)16-14(20)21-15(2,3)4/h5-6,8-9,17H,7H2,1-4H3,(H,16,20)(H,18,19). The van der Waals surface area contributed by atoms with Gasteiger partial charge >= 0.3 is 12.1 Å². The van der Waals surface area contributed by atoms with E-state index in [9.17, 15) is 14.7 Å². The smallest absolute Gasteiger partial charge is 0.412 e. The van der Waals surface area contributed by atoms with E-state index in [0.717, 1.165) is 0 Å². The van der Waals surface area contributed by atoms with Crippen molar-refractivity contribution in [1.29, 1.82) is 0 Å². The van der Waals surface area contributed by atoms with Crippen molar-refractivity contribution in [2.45, 2.75) is 39.7 Å². The lowest BCUT2D eigenvalue weighted by Crippen LogP contribution is -2.27. The second-order valence-electron chi connectivity index (χ2n) is 5.91. The van der Waals surface area contributed by atoms with E-state index >= 15 is 0 Å². The number of carboxylic acids is 1. The van der Waals surface area contributed by atoms with Gasteiger partial charge in [0.1, 0.15) is 11.4 Å². The molecule has 0 aliphatic carbocycles. The fourth-order valence-electron chi connectivity index (χ4n) is 1.70. The normalized spacial score (nSPS) is 12.6. The molecule has 1 aromatic rings. The maximum atomic E-state index is 11.8. The maximum Gasteiger partial charge on any atom is 0.412 e. The molecule has 0 fully saturated rings. The Balaban J connectivity index is 2.91. The number of carboxylic acid groups (broad SMARTS) is 1. The van der Waals surface area contributed by atoms with Gasteiger partial charge in [-0.1, -0.05) is 6.92 Å². The molecule has 21 heavy (non-hydrogen) atoms. The second kappa shape index (κ2) is 6.47. The van der Waals surface area contributed by atoms with E-state index in [2.05, 4.69) is 5.32 Å². The van der Waals surface area contributed by atoms with Gasteiger partial charge in [-0.05, 0) is 51.0 Å². The van der Waals surface area contributed by atoms with Crippen LogP contribution in [0, 0.1) is 5.92 Å². The summed E-state index contributed by atoms with van der Waals surface area (Å²) in [6.45, 7) is 6.80. The summed E-state index contributed by atoms with van der Waals surface area (Å²) in [5.41, 5.74) is 0.334. The number of amides is 1. The molecule has 6 heteroatoms. The summed E-state index contributed by atoms with van der Waals surface area (Å²) in [6.07, 6.45) is -0.438. The quantitative estimate of drug-likeness (QED) is 0.742. The lowest BCUT2D eigenvalue weighted by atomic mass is 9.99. The number of hydrogen-bond donors (Lipinski definition) is 3. The monoisotopic (exact) mass is 295 g/mol. The van der Waals surface area contributed by atoms with Crippen LogP contribution in [0.1, 0.15) is 33.3 Å². The fraction of sp³-hybridized carbons (Fsp3) is 0.467. The second-order valence-corrected chi connectivity index (χ2v) is 5.91. The van der Waals surface area contributed by atoms with Crippen LogP contribution in [0.2, 0.25) is 0 Å². The third kappa shape index (κ3) is 5.72. The third-order valence-corrected chi connectivity index (χ3v) is 2.67. The number of nitrogens with one attached hydrogen (secondary N) is 1. The Morgan fingerprint density at radius 3 is 2.48 bits per heavy atom. The summed E-state index contributed by atoms with van der Waals surface area (Å²) in [5, 5.41) is 21.1. The number of phenols is 1. The molecule has 0 bridgehead atoms. The first-order valence-corrected chi connectivity index (χ1v) is 6.63. The average Bonchev–Trinajstić information content (AvgIpc) is 2.30. The minimum atomic E-state index is -0.943. The number of aliphatic carboxylic acids is 1. The van der Waals surface area contributed by atoms with Crippen molar-refractivity contribution in [3.05, 3.63) is 23.8 Å². The summed E-state index contributed by atoms with van der Waals surface area (Å²) in [6, 6.07) is 4.37. The zero-order valence-electron chi connectivity index (χ0n) is 12.6. The van der Waals surface area contributed by atoms with Gasteiger partial charge in [0.05, 0.1) is 5.92 Å². The van der Waals surface area contributed by atoms with Crippen molar-refractivity contribution in [2.75, 3.05) is 5.32 Å². The lowest BCUT2D eigenvalue weighted by molar-refractivity contribution is -0.141. The Bertz CT molecular complexity index is 533. The van der Waals surface area contributed by atoms with Gasteiger partial charge < -0.3 is 14.9 Å².